The highest BCUT2D eigenvalue weighted by molar-refractivity contribution is 5.15. The Balaban J connectivity index is 1.57. The predicted molar refractivity (Wildman–Crippen MR) is 80.5 cm³/mol. The largest absolute Gasteiger partial charge is 0.299 e. The molecule has 1 aliphatic rings. The van der Waals surface area contributed by atoms with E-state index in [1.54, 1.807) is 0 Å². The highest BCUT2D eigenvalue weighted by Gasteiger charge is 2.21. The zero-order chi connectivity index (χ0) is 13.8. The monoisotopic (exact) mass is 267 g/mol. The van der Waals surface area contributed by atoms with Gasteiger partial charge >= 0.3 is 0 Å². The van der Waals surface area contributed by atoms with Crippen LogP contribution >= 0.6 is 0 Å². The summed E-state index contributed by atoms with van der Waals surface area (Å²) in [6.07, 6.45) is 6.17. The number of aromatic nitrogens is 2. The first-order chi connectivity index (χ1) is 9.81. The fraction of sp³-hybridized carbons (Fsp3) is 0.412. The van der Waals surface area contributed by atoms with Gasteiger partial charge in [-0.15, -0.1) is 0 Å². The van der Waals surface area contributed by atoms with Crippen LogP contribution in [0.4, 0.5) is 0 Å². The maximum atomic E-state index is 4.68. The number of pyridine rings is 2. The average molecular weight is 267 g/mol. The van der Waals surface area contributed by atoms with Crippen LogP contribution in [0.1, 0.15) is 35.7 Å². The number of piperidine rings is 1. The Hall–Kier alpha value is -1.74. The van der Waals surface area contributed by atoms with Gasteiger partial charge in [0.1, 0.15) is 0 Å². The number of hydrogen-bond donors (Lipinski definition) is 0. The Morgan fingerprint density at radius 3 is 2.55 bits per heavy atom. The molecule has 0 N–H and O–H groups in total. The minimum Gasteiger partial charge on any atom is -0.299 e. The molecule has 1 aliphatic heterocycles. The number of nitrogens with zero attached hydrogens (tertiary/aromatic N) is 3. The zero-order valence-electron chi connectivity index (χ0n) is 12.0. The molecule has 0 aromatic carbocycles. The molecular weight excluding hydrogens is 246 g/mol. The second kappa shape index (κ2) is 6.14. The van der Waals surface area contributed by atoms with Gasteiger partial charge in [-0.25, -0.2) is 0 Å². The number of hydrogen-bond acceptors (Lipinski definition) is 3. The van der Waals surface area contributed by atoms with Crippen molar-refractivity contribution in [1.29, 1.82) is 0 Å². The van der Waals surface area contributed by atoms with E-state index in [4.69, 9.17) is 0 Å². The van der Waals surface area contributed by atoms with Crippen LogP contribution in [0.15, 0.2) is 42.7 Å². The van der Waals surface area contributed by atoms with E-state index in [9.17, 15) is 0 Å². The molecule has 3 nitrogen and oxygen atoms in total. The standard InChI is InChI=1S/C17H21N3/c1-14-3-2-4-17(19-14)16-7-11-20(12-8-16)13-15-5-9-18-10-6-15/h2-6,9-10,16H,7-8,11-13H2,1H3. The third kappa shape index (κ3) is 3.23. The van der Waals surface area contributed by atoms with E-state index in [2.05, 4.69) is 52.1 Å². The van der Waals surface area contributed by atoms with Crippen LogP contribution in [0.25, 0.3) is 0 Å². The topological polar surface area (TPSA) is 29.0 Å². The van der Waals surface area contributed by atoms with Crippen LogP contribution in [-0.2, 0) is 6.54 Å². The van der Waals surface area contributed by atoms with E-state index in [1.165, 1.54) is 24.1 Å². The predicted octanol–water partition coefficient (Wildman–Crippen LogP) is 3.16. The second-order valence-electron chi connectivity index (χ2n) is 5.61. The van der Waals surface area contributed by atoms with Gasteiger partial charge in [0.05, 0.1) is 0 Å². The molecule has 0 unspecified atom stereocenters. The Labute approximate surface area is 120 Å². The van der Waals surface area contributed by atoms with E-state index in [1.807, 2.05) is 12.4 Å². The van der Waals surface area contributed by atoms with Gasteiger partial charge in [0.2, 0.25) is 0 Å². The molecule has 0 spiro atoms. The van der Waals surface area contributed by atoms with E-state index in [0.29, 0.717) is 5.92 Å². The van der Waals surface area contributed by atoms with Crippen molar-refractivity contribution in [3.8, 4) is 0 Å². The minimum atomic E-state index is 0.628. The van der Waals surface area contributed by atoms with Crippen molar-refractivity contribution < 1.29 is 0 Å². The van der Waals surface area contributed by atoms with Gasteiger partial charge in [-0.2, -0.15) is 0 Å². The van der Waals surface area contributed by atoms with Crippen molar-refractivity contribution in [3.63, 3.8) is 0 Å². The summed E-state index contributed by atoms with van der Waals surface area (Å²) in [7, 11) is 0. The lowest BCUT2D eigenvalue weighted by Gasteiger charge is -2.31. The van der Waals surface area contributed by atoms with Crippen LogP contribution in [0.2, 0.25) is 0 Å². The fourth-order valence-corrected chi connectivity index (χ4v) is 2.92. The molecule has 0 bridgehead atoms. The van der Waals surface area contributed by atoms with Crippen molar-refractivity contribution in [2.75, 3.05) is 13.1 Å². The van der Waals surface area contributed by atoms with E-state index in [0.717, 1.165) is 25.3 Å². The Morgan fingerprint density at radius 2 is 1.85 bits per heavy atom. The summed E-state index contributed by atoms with van der Waals surface area (Å²) in [4.78, 5) is 11.3. The summed E-state index contributed by atoms with van der Waals surface area (Å²) in [5, 5.41) is 0. The molecule has 2 aromatic heterocycles. The molecule has 1 fully saturated rings. The lowest BCUT2D eigenvalue weighted by molar-refractivity contribution is 0.203. The molecule has 104 valence electrons. The Morgan fingerprint density at radius 1 is 1.10 bits per heavy atom. The Kier molecular flexibility index (Phi) is 4.07. The van der Waals surface area contributed by atoms with Crippen molar-refractivity contribution >= 4 is 0 Å². The van der Waals surface area contributed by atoms with Crippen LogP contribution in [0.5, 0.6) is 0 Å². The normalized spacial score (nSPS) is 17.2. The molecule has 20 heavy (non-hydrogen) atoms. The Bertz CT molecular complexity index is 545. The highest BCUT2D eigenvalue weighted by Crippen LogP contribution is 2.27. The lowest BCUT2D eigenvalue weighted by atomic mass is 9.92. The highest BCUT2D eigenvalue weighted by atomic mass is 15.1. The van der Waals surface area contributed by atoms with Gasteiger partial charge in [-0.05, 0) is 62.7 Å². The van der Waals surface area contributed by atoms with Gasteiger partial charge in [0.25, 0.3) is 0 Å². The quantitative estimate of drug-likeness (QED) is 0.855. The molecule has 0 amide bonds. The molecule has 3 heteroatoms. The number of rotatable bonds is 3. The third-order valence-corrected chi connectivity index (χ3v) is 4.07. The van der Waals surface area contributed by atoms with Crippen molar-refractivity contribution in [2.45, 2.75) is 32.2 Å². The number of aryl methyl sites for hydroxylation is 1. The SMILES string of the molecule is Cc1cccc(C2CCN(Cc3ccncc3)CC2)n1. The first-order valence-electron chi connectivity index (χ1n) is 7.36. The summed E-state index contributed by atoms with van der Waals surface area (Å²) >= 11 is 0. The van der Waals surface area contributed by atoms with Crippen LogP contribution < -0.4 is 0 Å². The van der Waals surface area contributed by atoms with Crippen LogP contribution in [0.3, 0.4) is 0 Å². The third-order valence-electron chi connectivity index (χ3n) is 4.07. The maximum absolute atomic E-state index is 4.68. The molecule has 3 heterocycles. The van der Waals surface area contributed by atoms with Crippen LogP contribution in [0, 0.1) is 6.92 Å². The summed E-state index contributed by atoms with van der Waals surface area (Å²) in [5.74, 6) is 0.628. The average Bonchev–Trinajstić information content (AvgIpc) is 2.49. The van der Waals surface area contributed by atoms with Gasteiger partial charge in [-0.3, -0.25) is 14.9 Å². The minimum absolute atomic E-state index is 0.628. The van der Waals surface area contributed by atoms with Crippen LogP contribution in [-0.4, -0.2) is 28.0 Å². The molecule has 1 saturated heterocycles. The molecule has 0 aliphatic carbocycles. The first-order valence-corrected chi connectivity index (χ1v) is 7.36. The maximum Gasteiger partial charge on any atom is 0.0438 e. The van der Waals surface area contributed by atoms with Crippen molar-refractivity contribution in [1.82, 2.24) is 14.9 Å². The summed E-state index contributed by atoms with van der Waals surface area (Å²) in [5.41, 5.74) is 3.75. The smallest absolute Gasteiger partial charge is 0.0438 e. The van der Waals surface area contributed by atoms with Gasteiger partial charge in [-0.1, -0.05) is 6.07 Å². The molecule has 0 atom stereocenters. The van der Waals surface area contributed by atoms with Crippen molar-refractivity contribution in [3.05, 3.63) is 59.7 Å². The summed E-state index contributed by atoms with van der Waals surface area (Å²) in [6.45, 7) is 5.42. The van der Waals surface area contributed by atoms with E-state index in [-0.39, 0.29) is 0 Å². The van der Waals surface area contributed by atoms with Gasteiger partial charge in [0.15, 0.2) is 0 Å². The second-order valence-corrected chi connectivity index (χ2v) is 5.61. The van der Waals surface area contributed by atoms with Gasteiger partial charge < -0.3 is 0 Å². The number of likely N-dealkylation sites (tertiary alicyclic amines) is 1. The molecule has 3 rings (SSSR count). The first kappa shape index (κ1) is 13.3. The van der Waals surface area contributed by atoms with Gasteiger partial charge in [0, 0.05) is 36.2 Å². The summed E-state index contributed by atoms with van der Waals surface area (Å²) < 4.78 is 0. The zero-order valence-corrected chi connectivity index (χ0v) is 12.0. The van der Waals surface area contributed by atoms with E-state index < -0.39 is 0 Å². The molecular formula is C17H21N3. The van der Waals surface area contributed by atoms with E-state index >= 15 is 0 Å². The summed E-state index contributed by atoms with van der Waals surface area (Å²) in [6, 6.07) is 10.6. The molecule has 0 radical (unpaired) electrons. The fourth-order valence-electron chi connectivity index (χ4n) is 2.92. The molecule has 2 aromatic rings. The molecule has 0 saturated carbocycles. The van der Waals surface area contributed by atoms with Crippen molar-refractivity contribution in [2.24, 2.45) is 0 Å². The lowest BCUT2D eigenvalue weighted by Crippen LogP contribution is -2.32.